The van der Waals surface area contributed by atoms with Crippen LogP contribution in [0.1, 0.15) is 11.4 Å². The molecule has 1 heterocycles. The molecule has 56 valence electrons. The first-order valence-corrected chi connectivity index (χ1v) is 2.70. The summed E-state index contributed by atoms with van der Waals surface area (Å²) in [4.78, 5) is 7.36. The van der Waals surface area contributed by atoms with Crippen molar-refractivity contribution in [3.05, 3.63) is 17.5 Å². The molecule has 0 unspecified atom stereocenters. The Balaban J connectivity index is 0.000000810. The largest absolute Gasteiger partial charge is 0.479 e. The highest BCUT2D eigenvalue weighted by molar-refractivity contribution is 5.85. The summed E-state index contributed by atoms with van der Waals surface area (Å²) in [7, 11) is 0. The minimum absolute atomic E-state index is 0. The second-order valence-corrected chi connectivity index (χ2v) is 1.95. The molecule has 0 aliphatic heterocycles. The van der Waals surface area contributed by atoms with E-state index in [-0.39, 0.29) is 18.4 Å². The van der Waals surface area contributed by atoms with Gasteiger partial charge in [0.1, 0.15) is 0 Å². The lowest BCUT2D eigenvalue weighted by Crippen LogP contribution is -1.87. The molecule has 0 aliphatic rings. The fourth-order valence-electron chi connectivity index (χ4n) is 0.707. The van der Waals surface area contributed by atoms with E-state index in [2.05, 4.69) is 9.97 Å². The zero-order valence-electron chi connectivity index (χ0n) is 5.83. The predicted octanol–water partition coefficient (Wildman–Crippen LogP) is 1.22. The van der Waals surface area contributed by atoms with E-state index in [1.807, 2.05) is 13.8 Å². The maximum Gasteiger partial charge on any atom is 0.314 e. The van der Waals surface area contributed by atoms with Gasteiger partial charge in [0.05, 0.1) is 0 Å². The van der Waals surface area contributed by atoms with Gasteiger partial charge in [-0.05, 0) is 19.9 Å². The Morgan fingerprint density at radius 2 is 1.60 bits per heavy atom. The summed E-state index contributed by atoms with van der Waals surface area (Å²) in [6.45, 7) is 3.63. The summed E-state index contributed by atoms with van der Waals surface area (Å²) in [5, 5.41) is 8.77. The standard InChI is InChI=1S/C6H8N2O.ClH/c1-4-3-5(2)8-6(9)7-4;/h3H,1-2H3,(H,7,8,9);1H. The number of hydrogen-bond acceptors (Lipinski definition) is 3. The maximum absolute atomic E-state index is 8.77. The van der Waals surface area contributed by atoms with Gasteiger partial charge in [0.25, 0.3) is 0 Å². The second kappa shape index (κ2) is 3.37. The third-order valence-corrected chi connectivity index (χ3v) is 0.970. The third kappa shape index (κ3) is 2.19. The van der Waals surface area contributed by atoms with Gasteiger partial charge in [-0.15, -0.1) is 12.4 Å². The van der Waals surface area contributed by atoms with Gasteiger partial charge in [-0.2, -0.15) is 0 Å². The van der Waals surface area contributed by atoms with Crippen molar-refractivity contribution in [2.24, 2.45) is 0 Å². The molecule has 0 radical (unpaired) electrons. The minimum atomic E-state index is -0.146. The van der Waals surface area contributed by atoms with E-state index < -0.39 is 0 Å². The summed E-state index contributed by atoms with van der Waals surface area (Å²) < 4.78 is 0. The highest BCUT2D eigenvalue weighted by Crippen LogP contribution is 2.02. The Hall–Kier alpha value is -0.830. The minimum Gasteiger partial charge on any atom is -0.479 e. The Labute approximate surface area is 65.5 Å². The Bertz CT molecular complexity index is 177. The quantitative estimate of drug-likeness (QED) is 0.621. The molecule has 0 amide bonds. The molecule has 1 N–H and O–H groups in total. The highest BCUT2D eigenvalue weighted by atomic mass is 35.5. The molecular weight excluding hydrogens is 152 g/mol. The first-order chi connectivity index (χ1) is 4.18. The number of aromatic nitrogens is 2. The van der Waals surface area contributed by atoms with Crippen LogP contribution in [0.15, 0.2) is 6.07 Å². The zero-order chi connectivity index (χ0) is 6.85. The molecule has 0 spiro atoms. The molecule has 0 fully saturated rings. The molecule has 0 aromatic carbocycles. The van der Waals surface area contributed by atoms with E-state index in [4.69, 9.17) is 5.11 Å². The molecule has 0 aliphatic carbocycles. The molecule has 0 saturated carbocycles. The highest BCUT2D eigenvalue weighted by Gasteiger charge is 1.92. The zero-order valence-corrected chi connectivity index (χ0v) is 6.64. The Morgan fingerprint density at radius 3 is 1.90 bits per heavy atom. The van der Waals surface area contributed by atoms with Crippen molar-refractivity contribution in [2.45, 2.75) is 13.8 Å². The summed E-state index contributed by atoms with van der Waals surface area (Å²) in [5.74, 6) is 0. The topological polar surface area (TPSA) is 46.0 Å². The van der Waals surface area contributed by atoms with E-state index in [0.717, 1.165) is 11.4 Å². The van der Waals surface area contributed by atoms with Crippen LogP contribution in [0, 0.1) is 13.8 Å². The van der Waals surface area contributed by atoms with Crippen LogP contribution in [0.2, 0.25) is 0 Å². The number of aryl methyl sites for hydroxylation is 2. The first-order valence-electron chi connectivity index (χ1n) is 2.70. The molecule has 10 heavy (non-hydrogen) atoms. The van der Waals surface area contributed by atoms with E-state index >= 15 is 0 Å². The lowest BCUT2D eigenvalue weighted by atomic mass is 10.4. The van der Waals surface area contributed by atoms with Crippen molar-refractivity contribution in [3.63, 3.8) is 0 Å². The Kier molecular flexibility index (Phi) is 3.09. The van der Waals surface area contributed by atoms with Crippen molar-refractivity contribution in [1.29, 1.82) is 0 Å². The molecule has 0 saturated heterocycles. The fraction of sp³-hybridized carbons (Fsp3) is 0.333. The molecular formula is C6H9ClN2O. The van der Waals surface area contributed by atoms with Crippen LogP contribution in [-0.2, 0) is 0 Å². The summed E-state index contributed by atoms with van der Waals surface area (Å²) in [6.07, 6.45) is 0. The van der Waals surface area contributed by atoms with Crippen LogP contribution >= 0.6 is 12.4 Å². The van der Waals surface area contributed by atoms with Gasteiger partial charge in [0.15, 0.2) is 0 Å². The number of halogens is 1. The van der Waals surface area contributed by atoms with Crippen molar-refractivity contribution >= 4 is 12.4 Å². The second-order valence-electron chi connectivity index (χ2n) is 1.95. The van der Waals surface area contributed by atoms with E-state index in [9.17, 15) is 0 Å². The lowest BCUT2D eigenvalue weighted by molar-refractivity contribution is 0.427. The fourth-order valence-corrected chi connectivity index (χ4v) is 0.707. The summed E-state index contributed by atoms with van der Waals surface area (Å²) >= 11 is 0. The van der Waals surface area contributed by atoms with Crippen LogP contribution in [0.3, 0.4) is 0 Å². The van der Waals surface area contributed by atoms with Crippen molar-refractivity contribution in [3.8, 4) is 6.01 Å². The maximum atomic E-state index is 8.77. The first kappa shape index (κ1) is 9.17. The number of aromatic hydroxyl groups is 1. The van der Waals surface area contributed by atoms with Gasteiger partial charge in [-0.25, -0.2) is 9.97 Å². The number of nitrogens with zero attached hydrogens (tertiary/aromatic N) is 2. The van der Waals surface area contributed by atoms with E-state index in [0.29, 0.717) is 0 Å². The summed E-state index contributed by atoms with van der Waals surface area (Å²) in [5.41, 5.74) is 1.58. The molecule has 0 atom stereocenters. The average molecular weight is 161 g/mol. The number of hydrogen-bond donors (Lipinski definition) is 1. The normalized spacial score (nSPS) is 8.60. The Morgan fingerprint density at radius 1 is 1.20 bits per heavy atom. The van der Waals surface area contributed by atoms with Crippen LogP contribution in [-0.4, -0.2) is 15.1 Å². The average Bonchev–Trinajstić information content (AvgIpc) is 1.59. The molecule has 1 rings (SSSR count). The molecule has 4 heteroatoms. The van der Waals surface area contributed by atoms with Gasteiger partial charge in [-0.1, -0.05) is 0 Å². The van der Waals surface area contributed by atoms with Gasteiger partial charge >= 0.3 is 6.01 Å². The van der Waals surface area contributed by atoms with Gasteiger partial charge in [-0.3, -0.25) is 0 Å². The molecule has 3 nitrogen and oxygen atoms in total. The SMILES string of the molecule is Cc1cc(C)nc(O)n1.Cl. The van der Waals surface area contributed by atoms with Crippen LogP contribution in [0.5, 0.6) is 6.01 Å². The smallest absolute Gasteiger partial charge is 0.314 e. The van der Waals surface area contributed by atoms with Crippen molar-refractivity contribution in [2.75, 3.05) is 0 Å². The van der Waals surface area contributed by atoms with Crippen molar-refractivity contribution in [1.82, 2.24) is 9.97 Å². The predicted molar refractivity (Wildman–Crippen MR) is 40.4 cm³/mol. The van der Waals surface area contributed by atoms with E-state index in [1.54, 1.807) is 6.07 Å². The lowest BCUT2D eigenvalue weighted by Gasteiger charge is -1.93. The van der Waals surface area contributed by atoms with Gasteiger partial charge < -0.3 is 5.11 Å². The van der Waals surface area contributed by atoms with Gasteiger partial charge in [0, 0.05) is 11.4 Å². The molecule has 0 bridgehead atoms. The van der Waals surface area contributed by atoms with Crippen LogP contribution < -0.4 is 0 Å². The molecule has 1 aromatic rings. The van der Waals surface area contributed by atoms with E-state index in [1.165, 1.54) is 0 Å². The monoisotopic (exact) mass is 160 g/mol. The third-order valence-electron chi connectivity index (χ3n) is 0.970. The van der Waals surface area contributed by atoms with Crippen molar-refractivity contribution < 1.29 is 5.11 Å². The molecule has 1 aromatic heterocycles. The van der Waals surface area contributed by atoms with Gasteiger partial charge in [0.2, 0.25) is 0 Å². The number of rotatable bonds is 0. The summed E-state index contributed by atoms with van der Waals surface area (Å²) in [6, 6.07) is 1.66. The van der Waals surface area contributed by atoms with Crippen LogP contribution in [0.25, 0.3) is 0 Å². The van der Waals surface area contributed by atoms with Crippen LogP contribution in [0.4, 0.5) is 0 Å².